The molecular weight excluding hydrogens is 453 g/mol. The normalized spacial score (nSPS) is 20.5. The average Bonchev–Trinajstić information content (AvgIpc) is 3.26. The number of nitrogens with one attached hydrogen (secondary N) is 2. The van der Waals surface area contributed by atoms with Crippen molar-refractivity contribution in [3.8, 4) is 22.5 Å². The van der Waals surface area contributed by atoms with E-state index in [0.29, 0.717) is 23.5 Å². The number of piperidine rings is 1. The number of nitrogens with zero attached hydrogens (tertiary/aromatic N) is 3. The van der Waals surface area contributed by atoms with Gasteiger partial charge < -0.3 is 19.9 Å². The number of hydrogen-bond acceptors (Lipinski definition) is 5. The van der Waals surface area contributed by atoms with Crippen LogP contribution in [0.2, 0.25) is 5.02 Å². The maximum atomic E-state index is 14.4. The highest BCUT2D eigenvalue weighted by atomic mass is 35.5. The summed E-state index contributed by atoms with van der Waals surface area (Å²) in [7, 11) is 0. The van der Waals surface area contributed by atoms with Gasteiger partial charge in [-0.1, -0.05) is 17.7 Å². The molecule has 0 spiro atoms. The Morgan fingerprint density at radius 1 is 1.15 bits per heavy atom. The lowest BCUT2D eigenvalue weighted by atomic mass is 9.95. The number of anilines is 1. The molecule has 2 fully saturated rings. The van der Waals surface area contributed by atoms with Crippen LogP contribution in [0.4, 0.5) is 10.1 Å². The van der Waals surface area contributed by atoms with Gasteiger partial charge in [0.15, 0.2) is 0 Å². The van der Waals surface area contributed by atoms with E-state index in [-0.39, 0.29) is 11.9 Å². The maximum absolute atomic E-state index is 14.4. The SMILES string of the molecule is Cc1cc(F)cc(-c2cncc(-c3nc4ccc(Cl)cc4[nH]3)c2N2CC[C@H]3NCCOC3C2)c1. The van der Waals surface area contributed by atoms with Crippen LogP contribution in [-0.4, -0.2) is 53.3 Å². The molecule has 2 N–H and O–H groups in total. The molecule has 6 nitrogen and oxygen atoms in total. The maximum Gasteiger partial charge on any atom is 0.142 e. The van der Waals surface area contributed by atoms with Crippen molar-refractivity contribution in [1.29, 1.82) is 0 Å². The van der Waals surface area contributed by atoms with Crippen molar-refractivity contribution in [1.82, 2.24) is 20.3 Å². The van der Waals surface area contributed by atoms with Gasteiger partial charge in [-0.25, -0.2) is 9.37 Å². The molecule has 0 saturated carbocycles. The summed E-state index contributed by atoms with van der Waals surface area (Å²) in [5.41, 5.74) is 6.08. The van der Waals surface area contributed by atoms with Crippen molar-refractivity contribution >= 4 is 28.3 Å². The van der Waals surface area contributed by atoms with E-state index in [1.165, 1.54) is 6.07 Å². The zero-order valence-corrected chi connectivity index (χ0v) is 19.6. The molecule has 2 aromatic carbocycles. The number of pyridine rings is 1. The highest BCUT2D eigenvalue weighted by Crippen LogP contribution is 2.40. The molecule has 2 aliphatic rings. The quantitative estimate of drug-likeness (QED) is 0.436. The second-order valence-electron chi connectivity index (χ2n) is 9.05. The molecule has 2 saturated heterocycles. The Morgan fingerprint density at radius 3 is 2.91 bits per heavy atom. The van der Waals surface area contributed by atoms with Crippen LogP contribution in [0.3, 0.4) is 0 Å². The number of aromatic amines is 1. The first-order valence-corrected chi connectivity index (χ1v) is 11.9. The summed E-state index contributed by atoms with van der Waals surface area (Å²) in [5, 5.41) is 4.23. The molecule has 1 unspecified atom stereocenters. The second kappa shape index (κ2) is 8.65. The molecule has 174 valence electrons. The van der Waals surface area contributed by atoms with Crippen LogP contribution in [-0.2, 0) is 4.74 Å². The van der Waals surface area contributed by atoms with E-state index in [0.717, 1.165) is 65.0 Å². The van der Waals surface area contributed by atoms with Gasteiger partial charge in [0.25, 0.3) is 0 Å². The summed E-state index contributed by atoms with van der Waals surface area (Å²) in [6, 6.07) is 11.1. The lowest BCUT2D eigenvalue weighted by Gasteiger charge is -2.43. The van der Waals surface area contributed by atoms with Gasteiger partial charge in [-0.05, 0) is 54.8 Å². The molecule has 4 heterocycles. The molecule has 0 amide bonds. The third-order valence-electron chi connectivity index (χ3n) is 6.69. The highest BCUT2D eigenvalue weighted by Gasteiger charge is 2.34. The Labute approximate surface area is 202 Å². The predicted molar refractivity (Wildman–Crippen MR) is 133 cm³/mol. The number of imidazole rings is 1. The number of aryl methyl sites for hydroxylation is 1. The van der Waals surface area contributed by atoms with E-state index in [4.69, 9.17) is 21.3 Å². The summed E-state index contributed by atoms with van der Waals surface area (Å²) in [6.07, 6.45) is 4.71. The number of rotatable bonds is 3. The van der Waals surface area contributed by atoms with Crippen LogP contribution in [0.1, 0.15) is 12.0 Å². The summed E-state index contributed by atoms with van der Waals surface area (Å²) < 4.78 is 20.5. The minimum absolute atomic E-state index is 0.0973. The van der Waals surface area contributed by atoms with E-state index in [1.807, 2.05) is 43.6 Å². The van der Waals surface area contributed by atoms with Crippen molar-refractivity contribution in [2.75, 3.05) is 31.1 Å². The van der Waals surface area contributed by atoms with Crippen LogP contribution >= 0.6 is 11.6 Å². The first-order valence-electron chi connectivity index (χ1n) is 11.6. The standard InChI is InChI=1S/C26H25ClFN5O/c1-15-8-16(10-18(28)9-15)19-12-29-13-20(26-31-21-3-2-17(27)11-23(21)32-26)25(19)33-6-4-22-24(14-33)34-7-5-30-22/h2-3,8-13,22,24,30H,4-7,14H2,1H3,(H,31,32)/t22-,24?/m1/s1. The van der Waals surface area contributed by atoms with Gasteiger partial charge in [0.1, 0.15) is 11.6 Å². The van der Waals surface area contributed by atoms with Gasteiger partial charge >= 0.3 is 0 Å². The van der Waals surface area contributed by atoms with Gasteiger partial charge in [-0.3, -0.25) is 4.98 Å². The Hall–Kier alpha value is -3.00. The topological polar surface area (TPSA) is 66.1 Å². The molecule has 0 radical (unpaired) electrons. The van der Waals surface area contributed by atoms with Crippen molar-refractivity contribution in [2.45, 2.75) is 25.5 Å². The summed E-state index contributed by atoms with van der Waals surface area (Å²) in [4.78, 5) is 15.1. The number of H-pyrrole nitrogens is 1. The Bertz CT molecular complexity index is 1350. The molecule has 2 aliphatic heterocycles. The lowest BCUT2D eigenvalue weighted by molar-refractivity contribution is -0.00899. The van der Waals surface area contributed by atoms with Crippen molar-refractivity contribution < 1.29 is 9.13 Å². The number of hydrogen-bond donors (Lipinski definition) is 2. The smallest absolute Gasteiger partial charge is 0.142 e. The van der Waals surface area contributed by atoms with Crippen LogP contribution in [0.25, 0.3) is 33.5 Å². The van der Waals surface area contributed by atoms with Gasteiger partial charge in [-0.2, -0.15) is 0 Å². The third-order valence-corrected chi connectivity index (χ3v) is 6.92. The highest BCUT2D eigenvalue weighted by molar-refractivity contribution is 6.31. The predicted octanol–water partition coefficient (Wildman–Crippen LogP) is 4.96. The number of ether oxygens (including phenoxy) is 1. The summed E-state index contributed by atoms with van der Waals surface area (Å²) in [6.45, 7) is 5.08. The van der Waals surface area contributed by atoms with Gasteiger partial charge in [-0.15, -0.1) is 0 Å². The van der Waals surface area contributed by atoms with Crippen LogP contribution < -0.4 is 10.2 Å². The molecule has 0 aliphatic carbocycles. The van der Waals surface area contributed by atoms with E-state index in [1.54, 1.807) is 6.07 Å². The minimum Gasteiger partial charge on any atom is -0.373 e. The molecule has 4 aromatic rings. The van der Waals surface area contributed by atoms with Crippen molar-refractivity contribution in [2.24, 2.45) is 0 Å². The Balaban J connectivity index is 1.52. The molecule has 6 rings (SSSR count). The molecule has 2 aromatic heterocycles. The lowest BCUT2D eigenvalue weighted by Crippen LogP contribution is -2.57. The number of morpholine rings is 1. The van der Waals surface area contributed by atoms with Crippen molar-refractivity contribution in [3.05, 3.63) is 65.2 Å². The average molecular weight is 478 g/mol. The second-order valence-corrected chi connectivity index (χ2v) is 9.49. The van der Waals surface area contributed by atoms with Crippen LogP contribution in [0, 0.1) is 12.7 Å². The number of halogens is 2. The largest absolute Gasteiger partial charge is 0.373 e. The molecule has 34 heavy (non-hydrogen) atoms. The fraction of sp³-hybridized carbons (Fsp3) is 0.308. The van der Waals surface area contributed by atoms with E-state index in [2.05, 4.69) is 20.2 Å². The van der Waals surface area contributed by atoms with Gasteiger partial charge in [0.2, 0.25) is 0 Å². The fourth-order valence-electron chi connectivity index (χ4n) is 5.16. The Kier molecular flexibility index (Phi) is 5.48. The minimum atomic E-state index is -0.261. The number of aromatic nitrogens is 3. The first-order chi connectivity index (χ1) is 16.5. The fourth-order valence-corrected chi connectivity index (χ4v) is 5.33. The van der Waals surface area contributed by atoms with Gasteiger partial charge in [0.05, 0.1) is 35.0 Å². The summed E-state index contributed by atoms with van der Waals surface area (Å²) in [5.74, 6) is 0.447. The zero-order valence-electron chi connectivity index (χ0n) is 18.8. The van der Waals surface area contributed by atoms with Crippen LogP contribution in [0.15, 0.2) is 48.8 Å². The zero-order chi connectivity index (χ0) is 23.2. The van der Waals surface area contributed by atoms with E-state index < -0.39 is 0 Å². The molecular formula is C26H25ClFN5O. The summed E-state index contributed by atoms with van der Waals surface area (Å²) >= 11 is 6.20. The first kappa shape index (κ1) is 21.5. The molecule has 2 atom stereocenters. The van der Waals surface area contributed by atoms with Gasteiger partial charge in [0, 0.05) is 48.7 Å². The monoisotopic (exact) mass is 477 g/mol. The number of fused-ring (bicyclic) bond motifs is 2. The van der Waals surface area contributed by atoms with Crippen molar-refractivity contribution in [3.63, 3.8) is 0 Å². The molecule has 0 bridgehead atoms. The molecule has 8 heteroatoms. The number of benzene rings is 2. The Morgan fingerprint density at radius 2 is 2.03 bits per heavy atom. The van der Waals surface area contributed by atoms with Crippen LogP contribution in [0.5, 0.6) is 0 Å². The van der Waals surface area contributed by atoms with E-state index >= 15 is 0 Å². The third kappa shape index (κ3) is 3.94. The van der Waals surface area contributed by atoms with E-state index in [9.17, 15) is 4.39 Å².